The van der Waals surface area contributed by atoms with E-state index in [4.69, 9.17) is 9.47 Å². The number of rotatable bonds is 36. The third kappa shape index (κ3) is 36.9. The number of aliphatic hydroxyl groups excluding tert-OH is 1. The van der Waals surface area contributed by atoms with E-state index in [1.807, 2.05) is 0 Å². The molecule has 0 saturated carbocycles. The molecule has 0 radical (unpaired) electrons. The Hall–Kier alpha value is -1.39. The summed E-state index contributed by atoms with van der Waals surface area (Å²) < 4.78 is 11.1. The number of hydrogen-bond donors (Lipinski definition) is 1. The monoisotopic (exact) mass is 633 g/mol. The van der Waals surface area contributed by atoms with E-state index >= 15 is 0 Å². The van der Waals surface area contributed by atoms with Crippen molar-refractivity contribution in [3.05, 3.63) is 36.5 Å². The van der Waals surface area contributed by atoms with Crippen molar-refractivity contribution in [1.82, 2.24) is 0 Å². The molecule has 0 rings (SSSR count). The fraction of sp³-hybridized carbons (Fsp3) is 0.829. The molecule has 4 heteroatoms. The number of esters is 1. The van der Waals surface area contributed by atoms with Gasteiger partial charge in [-0.2, -0.15) is 0 Å². The summed E-state index contributed by atoms with van der Waals surface area (Å²) in [6.07, 6.45) is 47.5. The zero-order chi connectivity index (χ0) is 32.7. The maximum Gasteiger partial charge on any atom is 0.306 e. The Bertz CT molecular complexity index is 668. The van der Waals surface area contributed by atoms with E-state index in [1.165, 1.54) is 128 Å². The second-order valence-electron chi connectivity index (χ2n) is 13.0. The van der Waals surface area contributed by atoms with Crippen LogP contribution in [0.2, 0.25) is 0 Å². The lowest BCUT2D eigenvalue weighted by atomic mass is 10.0. The number of carbonyl (C=O) groups is 1. The minimum Gasteiger partial charge on any atom is -0.457 e. The summed E-state index contributed by atoms with van der Waals surface area (Å²) in [6.45, 7) is 5.32. The first-order valence-electron chi connectivity index (χ1n) is 19.6. The molecule has 1 N–H and O–H groups in total. The quantitative estimate of drug-likeness (QED) is 0.0424. The highest BCUT2D eigenvalue weighted by atomic mass is 16.6. The van der Waals surface area contributed by atoms with Gasteiger partial charge in [-0.1, -0.05) is 172 Å². The lowest BCUT2D eigenvalue weighted by Crippen LogP contribution is -2.27. The van der Waals surface area contributed by atoms with Crippen molar-refractivity contribution in [1.29, 1.82) is 0 Å². The van der Waals surface area contributed by atoms with Gasteiger partial charge < -0.3 is 14.6 Å². The molecule has 0 aromatic rings. The number of unbranched alkanes of at least 4 members (excludes halogenated alkanes) is 22. The lowest BCUT2D eigenvalue weighted by molar-refractivity contribution is -0.154. The molecule has 0 saturated heterocycles. The van der Waals surface area contributed by atoms with Gasteiger partial charge in [0.05, 0.1) is 13.2 Å². The average molecular weight is 633 g/mol. The fourth-order valence-electron chi connectivity index (χ4n) is 5.51. The highest BCUT2D eigenvalue weighted by Crippen LogP contribution is 2.14. The van der Waals surface area contributed by atoms with Crippen molar-refractivity contribution in [2.45, 2.75) is 200 Å². The molecule has 0 spiro atoms. The molecule has 0 aromatic heterocycles. The van der Waals surface area contributed by atoms with E-state index in [9.17, 15) is 9.90 Å². The largest absolute Gasteiger partial charge is 0.457 e. The van der Waals surface area contributed by atoms with E-state index in [2.05, 4.69) is 50.3 Å². The minimum atomic E-state index is -0.537. The lowest BCUT2D eigenvalue weighted by Gasteiger charge is -2.16. The highest BCUT2D eigenvalue weighted by molar-refractivity contribution is 5.69. The molecule has 0 bridgehead atoms. The molecule has 1 unspecified atom stereocenters. The van der Waals surface area contributed by atoms with Gasteiger partial charge in [0.2, 0.25) is 0 Å². The molecule has 0 aliphatic carbocycles. The molecule has 0 aliphatic rings. The van der Waals surface area contributed by atoms with E-state index < -0.39 is 6.10 Å². The van der Waals surface area contributed by atoms with Crippen LogP contribution in [0.25, 0.3) is 0 Å². The summed E-state index contributed by atoms with van der Waals surface area (Å²) in [6, 6.07) is 0. The molecular formula is C41H76O4. The Morgan fingerprint density at radius 1 is 0.533 bits per heavy atom. The maximum absolute atomic E-state index is 12.2. The van der Waals surface area contributed by atoms with Crippen LogP contribution in [0.15, 0.2) is 36.5 Å². The Morgan fingerprint density at radius 2 is 0.933 bits per heavy atom. The van der Waals surface area contributed by atoms with Crippen LogP contribution in [0, 0.1) is 0 Å². The van der Waals surface area contributed by atoms with Gasteiger partial charge in [-0.15, -0.1) is 0 Å². The summed E-state index contributed by atoms with van der Waals surface area (Å²) in [5.41, 5.74) is 0. The average Bonchev–Trinajstić information content (AvgIpc) is 3.05. The van der Waals surface area contributed by atoms with E-state index in [0.29, 0.717) is 19.6 Å². The number of carbonyl (C=O) groups excluding carboxylic acids is 1. The van der Waals surface area contributed by atoms with Gasteiger partial charge >= 0.3 is 5.97 Å². The topological polar surface area (TPSA) is 55.8 Å². The van der Waals surface area contributed by atoms with Crippen LogP contribution in [-0.2, 0) is 14.3 Å². The summed E-state index contributed by atoms with van der Waals surface area (Å²) in [5.74, 6) is -0.212. The predicted octanol–water partition coefficient (Wildman–Crippen LogP) is 12.5. The smallest absolute Gasteiger partial charge is 0.306 e. The van der Waals surface area contributed by atoms with Gasteiger partial charge in [-0.3, -0.25) is 4.79 Å². The molecule has 0 fully saturated rings. The van der Waals surface area contributed by atoms with Crippen molar-refractivity contribution < 1.29 is 19.4 Å². The number of aliphatic hydroxyl groups is 1. The van der Waals surface area contributed by atoms with Crippen molar-refractivity contribution >= 4 is 5.97 Å². The second kappa shape index (κ2) is 38.8. The van der Waals surface area contributed by atoms with Crippen molar-refractivity contribution in [2.75, 3.05) is 19.8 Å². The minimum absolute atomic E-state index is 0.175. The standard InChI is InChI=1S/C41H76O4/c1-3-5-7-9-11-13-15-17-19-20-21-22-23-24-26-28-30-32-34-36-41(43)45-40(38-42)39-44-37-35-33-31-29-27-25-18-16-14-12-10-8-6-4-2/h11,13,17,19,21-22,40,42H,3-10,12,14-16,18,20,23-39H2,1-2H3/b13-11-,19-17-,22-21-. The van der Waals surface area contributed by atoms with Crippen LogP contribution in [0.4, 0.5) is 0 Å². The summed E-state index contributed by atoms with van der Waals surface area (Å²) in [4.78, 5) is 12.2. The van der Waals surface area contributed by atoms with Crippen LogP contribution < -0.4 is 0 Å². The molecule has 1 atom stereocenters. The Labute approximate surface area is 280 Å². The zero-order valence-corrected chi connectivity index (χ0v) is 30.1. The van der Waals surface area contributed by atoms with Crippen LogP contribution in [0.3, 0.4) is 0 Å². The molecule has 0 aromatic carbocycles. The van der Waals surface area contributed by atoms with Gasteiger partial charge in [0, 0.05) is 13.0 Å². The normalized spacial score (nSPS) is 12.7. The fourth-order valence-corrected chi connectivity index (χ4v) is 5.51. The first-order valence-corrected chi connectivity index (χ1v) is 19.6. The van der Waals surface area contributed by atoms with E-state index in [-0.39, 0.29) is 12.6 Å². The third-order valence-electron chi connectivity index (χ3n) is 8.47. The zero-order valence-electron chi connectivity index (χ0n) is 30.1. The van der Waals surface area contributed by atoms with Crippen LogP contribution in [0.5, 0.6) is 0 Å². The molecule has 4 nitrogen and oxygen atoms in total. The molecular weight excluding hydrogens is 556 g/mol. The highest BCUT2D eigenvalue weighted by Gasteiger charge is 2.13. The number of hydrogen-bond acceptors (Lipinski definition) is 4. The molecule has 45 heavy (non-hydrogen) atoms. The van der Waals surface area contributed by atoms with E-state index in [0.717, 1.165) is 44.9 Å². The number of ether oxygens (including phenoxy) is 2. The van der Waals surface area contributed by atoms with Crippen LogP contribution in [0.1, 0.15) is 194 Å². The van der Waals surface area contributed by atoms with Gasteiger partial charge in [0.25, 0.3) is 0 Å². The number of allylic oxidation sites excluding steroid dienone is 6. The Morgan fingerprint density at radius 3 is 1.44 bits per heavy atom. The maximum atomic E-state index is 12.2. The second-order valence-corrected chi connectivity index (χ2v) is 13.0. The summed E-state index contributed by atoms with van der Waals surface area (Å²) >= 11 is 0. The predicted molar refractivity (Wildman–Crippen MR) is 196 cm³/mol. The first kappa shape index (κ1) is 43.6. The molecule has 0 heterocycles. The van der Waals surface area contributed by atoms with Gasteiger partial charge in [0.15, 0.2) is 0 Å². The summed E-state index contributed by atoms with van der Waals surface area (Å²) in [5, 5.41) is 9.57. The third-order valence-corrected chi connectivity index (χ3v) is 8.47. The SMILES string of the molecule is CCCCC/C=C\C/C=C\C/C=C\CCCCCCCCC(=O)OC(CO)COCCCCCCCCCCCCCCCC. The van der Waals surface area contributed by atoms with Gasteiger partial charge in [-0.05, 0) is 51.4 Å². The van der Waals surface area contributed by atoms with Gasteiger partial charge in [-0.25, -0.2) is 0 Å². The molecule has 264 valence electrons. The first-order chi connectivity index (χ1) is 22.2. The van der Waals surface area contributed by atoms with Crippen LogP contribution in [-0.4, -0.2) is 37.0 Å². The van der Waals surface area contributed by atoms with E-state index in [1.54, 1.807) is 0 Å². The Kier molecular flexibility index (Phi) is 37.6. The van der Waals surface area contributed by atoms with Gasteiger partial charge in [0.1, 0.15) is 6.10 Å². The molecule has 0 amide bonds. The summed E-state index contributed by atoms with van der Waals surface area (Å²) in [7, 11) is 0. The van der Waals surface area contributed by atoms with Crippen molar-refractivity contribution in [3.63, 3.8) is 0 Å². The van der Waals surface area contributed by atoms with Crippen molar-refractivity contribution in [2.24, 2.45) is 0 Å². The molecule has 0 aliphatic heterocycles. The van der Waals surface area contributed by atoms with Crippen LogP contribution >= 0.6 is 0 Å². The van der Waals surface area contributed by atoms with Crippen molar-refractivity contribution in [3.8, 4) is 0 Å². The Balaban J connectivity index is 3.47.